The minimum absolute atomic E-state index is 0.0642. The molecule has 0 saturated heterocycles. The third-order valence-corrected chi connectivity index (χ3v) is 2.67. The lowest BCUT2D eigenvalue weighted by atomic mass is 10.1. The highest BCUT2D eigenvalue weighted by atomic mass is 16.6. The number of carbonyl (C=O) groups is 2. The summed E-state index contributed by atoms with van der Waals surface area (Å²) in [4.78, 5) is 23.2. The lowest BCUT2D eigenvalue weighted by Gasteiger charge is -2.07. The number of rotatable bonds is 6. The number of hydrogen-bond donors (Lipinski definition) is 1. The fourth-order valence-electron chi connectivity index (χ4n) is 1.61. The molecule has 0 spiro atoms. The molecule has 21 heavy (non-hydrogen) atoms. The summed E-state index contributed by atoms with van der Waals surface area (Å²) in [7, 11) is 0. The summed E-state index contributed by atoms with van der Waals surface area (Å²) in [5.41, 5.74) is 0.479. The standard InChI is InChI=1S/C16H14O5/c17-13-8-4-5-9-15(13)20-11-16(19)21-10-14(18)12-6-2-1-3-7-12/h1-9,17H,10-11H2. The third-order valence-electron chi connectivity index (χ3n) is 2.67. The number of aromatic hydroxyl groups is 1. The van der Waals surface area contributed by atoms with Gasteiger partial charge in [0.1, 0.15) is 0 Å². The Kier molecular flexibility index (Phi) is 4.93. The Hall–Kier alpha value is -2.82. The van der Waals surface area contributed by atoms with E-state index in [2.05, 4.69) is 0 Å². The molecule has 0 aliphatic rings. The summed E-state index contributed by atoms with van der Waals surface area (Å²) in [6, 6.07) is 14.8. The summed E-state index contributed by atoms with van der Waals surface area (Å²) in [6.45, 7) is -0.716. The van der Waals surface area contributed by atoms with E-state index in [1.165, 1.54) is 12.1 Å². The van der Waals surface area contributed by atoms with E-state index in [0.717, 1.165) is 0 Å². The number of benzene rings is 2. The number of ether oxygens (including phenoxy) is 2. The van der Waals surface area contributed by atoms with Crippen molar-refractivity contribution >= 4 is 11.8 Å². The summed E-state index contributed by atoms with van der Waals surface area (Å²) in [5, 5.41) is 9.46. The van der Waals surface area contributed by atoms with Crippen LogP contribution < -0.4 is 4.74 Å². The van der Waals surface area contributed by atoms with Crippen LogP contribution >= 0.6 is 0 Å². The molecule has 0 atom stereocenters. The van der Waals surface area contributed by atoms with Crippen molar-refractivity contribution in [1.82, 2.24) is 0 Å². The molecule has 108 valence electrons. The van der Waals surface area contributed by atoms with Gasteiger partial charge in [-0.15, -0.1) is 0 Å². The quantitative estimate of drug-likeness (QED) is 0.651. The van der Waals surface area contributed by atoms with Gasteiger partial charge in [-0.2, -0.15) is 0 Å². The van der Waals surface area contributed by atoms with Gasteiger partial charge in [-0.3, -0.25) is 4.79 Å². The maximum absolute atomic E-state index is 11.7. The third kappa shape index (κ3) is 4.35. The van der Waals surface area contributed by atoms with Crippen LogP contribution in [-0.4, -0.2) is 30.1 Å². The lowest BCUT2D eigenvalue weighted by Crippen LogP contribution is -2.19. The van der Waals surface area contributed by atoms with Crippen molar-refractivity contribution in [3.8, 4) is 11.5 Å². The number of esters is 1. The van der Waals surface area contributed by atoms with Crippen molar-refractivity contribution in [1.29, 1.82) is 0 Å². The molecule has 0 heterocycles. The topological polar surface area (TPSA) is 72.8 Å². The van der Waals surface area contributed by atoms with E-state index < -0.39 is 5.97 Å². The predicted octanol–water partition coefficient (Wildman–Crippen LogP) is 2.20. The molecule has 0 saturated carbocycles. The first-order valence-electron chi connectivity index (χ1n) is 6.31. The zero-order valence-electron chi connectivity index (χ0n) is 11.2. The first kappa shape index (κ1) is 14.6. The van der Waals surface area contributed by atoms with Crippen molar-refractivity contribution in [2.75, 3.05) is 13.2 Å². The summed E-state index contributed by atoms with van der Waals surface area (Å²) in [5.74, 6) is -0.844. The van der Waals surface area contributed by atoms with Gasteiger partial charge >= 0.3 is 5.97 Å². The number of carbonyl (C=O) groups excluding carboxylic acids is 2. The minimum atomic E-state index is -0.678. The van der Waals surface area contributed by atoms with E-state index in [1.54, 1.807) is 42.5 Å². The number of para-hydroxylation sites is 2. The van der Waals surface area contributed by atoms with Crippen LogP contribution in [0.5, 0.6) is 11.5 Å². The second-order valence-electron chi connectivity index (χ2n) is 4.21. The van der Waals surface area contributed by atoms with Crippen LogP contribution in [0, 0.1) is 0 Å². The van der Waals surface area contributed by atoms with Crippen molar-refractivity contribution in [3.63, 3.8) is 0 Å². The van der Waals surface area contributed by atoms with Crippen LogP contribution in [0.2, 0.25) is 0 Å². The smallest absolute Gasteiger partial charge is 0.344 e. The SMILES string of the molecule is O=C(COc1ccccc1O)OCC(=O)c1ccccc1. The molecular formula is C16H14O5. The van der Waals surface area contributed by atoms with Crippen molar-refractivity contribution < 1.29 is 24.2 Å². The fraction of sp³-hybridized carbons (Fsp3) is 0.125. The van der Waals surface area contributed by atoms with E-state index in [0.29, 0.717) is 5.56 Å². The number of Topliss-reactive ketones (excluding diaryl/α,β-unsaturated/α-hetero) is 1. The monoisotopic (exact) mass is 286 g/mol. The highest BCUT2D eigenvalue weighted by Gasteiger charge is 2.11. The van der Waals surface area contributed by atoms with Gasteiger partial charge in [0, 0.05) is 5.56 Å². The van der Waals surface area contributed by atoms with Crippen LogP contribution in [0.3, 0.4) is 0 Å². The molecule has 2 aromatic rings. The zero-order chi connectivity index (χ0) is 15.1. The first-order valence-corrected chi connectivity index (χ1v) is 6.31. The minimum Gasteiger partial charge on any atom is -0.504 e. The Labute approximate surface area is 121 Å². The Morgan fingerprint density at radius 3 is 2.29 bits per heavy atom. The summed E-state index contributed by atoms with van der Waals surface area (Å²) in [6.07, 6.45) is 0. The molecule has 0 unspecified atom stereocenters. The average molecular weight is 286 g/mol. The van der Waals surface area contributed by atoms with Gasteiger partial charge in [-0.05, 0) is 12.1 Å². The van der Waals surface area contributed by atoms with Crippen molar-refractivity contribution in [2.24, 2.45) is 0 Å². The molecule has 5 nitrogen and oxygen atoms in total. The first-order chi connectivity index (χ1) is 10.2. The van der Waals surface area contributed by atoms with Gasteiger partial charge < -0.3 is 14.6 Å². The average Bonchev–Trinajstić information content (AvgIpc) is 2.52. The Morgan fingerprint density at radius 2 is 1.57 bits per heavy atom. The lowest BCUT2D eigenvalue weighted by molar-refractivity contribution is -0.144. The normalized spacial score (nSPS) is 9.90. The van der Waals surface area contributed by atoms with Gasteiger partial charge in [0.15, 0.2) is 30.5 Å². The second kappa shape index (κ2) is 7.09. The molecule has 0 aliphatic carbocycles. The largest absolute Gasteiger partial charge is 0.504 e. The van der Waals surface area contributed by atoms with E-state index >= 15 is 0 Å². The van der Waals surface area contributed by atoms with Crippen molar-refractivity contribution in [3.05, 3.63) is 60.2 Å². The molecule has 0 bridgehead atoms. The molecule has 2 rings (SSSR count). The Balaban J connectivity index is 1.78. The molecule has 0 aromatic heterocycles. The Bertz CT molecular complexity index is 622. The van der Waals surface area contributed by atoms with Crippen LogP contribution in [0.4, 0.5) is 0 Å². The maximum Gasteiger partial charge on any atom is 0.344 e. The van der Waals surface area contributed by atoms with Gasteiger partial charge in [0.25, 0.3) is 0 Å². The molecule has 2 aromatic carbocycles. The molecule has 5 heteroatoms. The van der Waals surface area contributed by atoms with Crippen LogP contribution in [0.1, 0.15) is 10.4 Å². The summed E-state index contributed by atoms with van der Waals surface area (Å²) < 4.78 is 9.93. The number of phenols is 1. The van der Waals surface area contributed by atoms with E-state index in [9.17, 15) is 14.7 Å². The highest BCUT2D eigenvalue weighted by molar-refractivity contribution is 5.97. The van der Waals surface area contributed by atoms with Crippen molar-refractivity contribution in [2.45, 2.75) is 0 Å². The molecule has 0 amide bonds. The predicted molar refractivity (Wildman–Crippen MR) is 75.3 cm³/mol. The van der Waals surface area contributed by atoms with E-state index in [1.807, 2.05) is 0 Å². The molecule has 0 radical (unpaired) electrons. The van der Waals surface area contributed by atoms with E-state index in [-0.39, 0.29) is 30.5 Å². The maximum atomic E-state index is 11.7. The molecule has 0 aliphatic heterocycles. The van der Waals surface area contributed by atoms with Gasteiger partial charge in [0.2, 0.25) is 0 Å². The molecule has 0 fully saturated rings. The fourth-order valence-corrected chi connectivity index (χ4v) is 1.61. The highest BCUT2D eigenvalue weighted by Crippen LogP contribution is 2.24. The van der Waals surface area contributed by atoms with Gasteiger partial charge in [0.05, 0.1) is 0 Å². The number of ketones is 1. The molecular weight excluding hydrogens is 272 g/mol. The zero-order valence-corrected chi connectivity index (χ0v) is 11.2. The molecule has 1 N–H and O–H groups in total. The number of hydrogen-bond acceptors (Lipinski definition) is 5. The number of phenolic OH excluding ortho intramolecular Hbond substituents is 1. The van der Waals surface area contributed by atoms with Crippen LogP contribution in [0.25, 0.3) is 0 Å². The van der Waals surface area contributed by atoms with E-state index in [4.69, 9.17) is 9.47 Å². The van der Waals surface area contributed by atoms with Gasteiger partial charge in [-0.25, -0.2) is 4.79 Å². The van der Waals surface area contributed by atoms with Crippen LogP contribution in [0.15, 0.2) is 54.6 Å². The Morgan fingerprint density at radius 1 is 0.905 bits per heavy atom. The summed E-state index contributed by atoms with van der Waals surface area (Å²) >= 11 is 0. The van der Waals surface area contributed by atoms with Gasteiger partial charge in [-0.1, -0.05) is 42.5 Å². The van der Waals surface area contributed by atoms with Crippen LogP contribution in [-0.2, 0) is 9.53 Å². The second-order valence-corrected chi connectivity index (χ2v) is 4.21.